The summed E-state index contributed by atoms with van der Waals surface area (Å²) >= 11 is 5.97. The molecule has 0 aliphatic carbocycles. The molecule has 1 unspecified atom stereocenters. The van der Waals surface area contributed by atoms with Crippen LogP contribution in [-0.4, -0.2) is 22.7 Å². The summed E-state index contributed by atoms with van der Waals surface area (Å²) in [6.45, 7) is 5.11. The van der Waals surface area contributed by atoms with E-state index in [4.69, 9.17) is 16.1 Å². The molecule has 1 atom stereocenters. The van der Waals surface area contributed by atoms with Gasteiger partial charge in [-0.15, -0.1) is 0 Å². The Kier molecular flexibility index (Phi) is 5.09. The van der Waals surface area contributed by atoms with Crippen molar-refractivity contribution in [3.05, 3.63) is 34.9 Å². The Morgan fingerprint density at radius 1 is 1.45 bits per heavy atom. The molecule has 6 heteroatoms. The highest BCUT2D eigenvalue weighted by molar-refractivity contribution is 6.33. The lowest BCUT2D eigenvalue weighted by molar-refractivity contribution is 0.368. The zero-order valence-corrected chi connectivity index (χ0v) is 12.2. The summed E-state index contributed by atoms with van der Waals surface area (Å²) in [7, 11) is 0. The minimum atomic E-state index is -0.387. The van der Waals surface area contributed by atoms with Crippen LogP contribution in [0.1, 0.15) is 26.2 Å². The summed E-state index contributed by atoms with van der Waals surface area (Å²) in [6.07, 6.45) is 1.60. The monoisotopic (exact) mass is 297 g/mol. The maximum absolute atomic E-state index is 13.0. The fourth-order valence-corrected chi connectivity index (χ4v) is 2.18. The van der Waals surface area contributed by atoms with Gasteiger partial charge in [0.25, 0.3) is 0 Å². The molecule has 0 radical (unpaired) electrons. The molecule has 4 nitrogen and oxygen atoms in total. The van der Waals surface area contributed by atoms with Crippen LogP contribution < -0.4 is 5.32 Å². The summed E-state index contributed by atoms with van der Waals surface area (Å²) < 4.78 is 18.2. The zero-order valence-electron chi connectivity index (χ0n) is 11.5. The van der Waals surface area contributed by atoms with E-state index in [0.29, 0.717) is 29.7 Å². The van der Waals surface area contributed by atoms with Crippen LogP contribution in [0, 0.1) is 5.82 Å². The van der Waals surface area contributed by atoms with Gasteiger partial charge in [-0.05, 0) is 38.1 Å². The number of aromatic nitrogens is 2. The van der Waals surface area contributed by atoms with Gasteiger partial charge in [0.2, 0.25) is 11.7 Å². The third kappa shape index (κ3) is 3.77. The molecule has 0 spiro atoms. The molecular weight excluding hydrogens is 281 g/mol. The number of nitrogens with one attached hydrogen (secondary N) is 1. The second kappa shape index (κ2) is 6.81. The molecule has 0 aliphatic heterocycles. The molecule has 0 amide bonds. The summed E-state index contributed by atoms with van der Waals surface area (Å²) in [6, 6.07) is 4.50. The minimum Gasteiger partial charge on any atom is -0.339 e. The normalized spacial score (nSPS) is 12.6. The molecule has 1 N–H and O–H groups in total. The Bertz CT molecular complexity index is 573. The molecule has 0 aliphatic rings. The fourth-order valence-electron chi connectivity index (χ4n) is 1.93. The third-order valence-corrected chi connectivity index (χ3v) is 3.30. The van der Waals surface area contributed by atoms with Gasteiger partial charge in [0.05, 0.1) is 5.02 Å². The van der Waals surface area contributed by atoms with E-state index in [-0.39, 0.29) is 10.8 Å². The van der Waals surface area contributed by atoms with Crippen LogP contribution in [0.5, 0.6) is 0 Å². The molecule has 2 rings (SSSR count). The van der Waals surface area contributed by atoms with Crippen LogP contribution >= 0.6 is 11.6 Å². The first-order valence-corrected chi connectivity index (χ1v) is 6.99. The highest BCUT2D eigenvalue weighted by Gasteiger charge is 2.13. The van der Waals surface area contributed by atoms with Crippen molar-refractivity contribution < 1.29 is 8.91 Å². The Morgan fingerprint density at radius 3 is 2.95 bits per heavy atom. The molecule has 0 bridgehead atoms. The molecule has 0 saturated carbocycles. The van der Waals surface area contributed by atoms with E-state index < -0.39 is 0 Å². The van der Waals surface area contributed by atoms with E-state index in [9.17, 15) is 4.39 Å². The van der Waals surface area contributed by atoms with Gasteiger partial charge >= 0.3 is 0 Å². The average molecular weight is 298 g/mol. The number of rotatable bonds is 6. The lowest BCUT2D eigenvalue weighted by atomic mass is 10.2. The molecular formula is C14H17ClFN3O. The van der Waals surface area contributed by atoms with Crippen molar-refractivity contribution in [1.29, 1.82) is 0 Å². The quantitative estimate of drug-likeness (QED) is 0.887. The van der Waals surface area contributed by atoms with Gasteiger partial charge in [0, 0.05) is 18.0 Å². The number of nitrogens with zero attached hydrogens (tertiary/aromatic N) is 2. The third-order valence-electron chi connectivity index (χ3n) is 2.98. The van der Waals surface area contributed by atoms with E-state index in [2.05, 4.69) is 29.3 Å². The van der Waals surface area contributed by atoms with Gasteiger partial charge in [-0.25, -0.2) is 4.39 Å². The molecule has 0 saturated heterocycles. The van der Waals surface area contributed by atoms with E-state index in [1.54, 1.807) is 6.07 Å². The number of hydrogen-bond acceptors (Lipinski definition) is 4. The molecule has 1 heterocycles. The predicted octanol–water partition coefficient (Wildman–Crippen LogP) is 3.46. The second-order valence-electron chi connectivity index (χ2n) is 4.63. The summed E-state index contributed by atoms with van der Waals surface area (Å²) in [5.74, 6) is 0.563. The van der Waals surface area contributed by atoms with Crippen molar-refractivity contribution in [3.8, 4) is 11.4 Å². The maximum atomic E-state index is 13.0. The summed E-state index contributed by atoms with van der Waals surface area (Å²) in [4.78, 5) is 4.29. The minimum absolute atomic E-state index is 0.276. The highest BCUT2D eigenvalue weighted by atomic mass is 35.5. The summed E-state index contributed by atoms with van der Waals surface area (Å²) in [5, 5.41) is 7.48. The standard InChI is InChI=1S/C14H17ClFN3O/c1-3-17-9(2)4-7-13-18-14(19-20-13)11-6-5-10(16)8-12(11)15/h5-6,8-9,17H,3-4,7H2,1-2H3. The first-order valence-electron chi connectivity index (χ1n) is 6.61. The van der Waals surface area contributed by atoms with Gasteiger partial charge in [0.15, 0.2) is 0 Å². The van der Waals surface area contributed by atoms with Crippen LogP contribution in [-0.2, 0) is 6.42 Å². The van der Waals surface area contributed by atoms with Gasteiger partial charge in [-0.3, -0.25) is 0 Å². The van der Waals surface area contributed by atoms with Crippen LogP contribution in [0.3, 0.4) is 0 Å². The molecule has 20 heavy (non-hydrogen) atoms. The molecule has 0 fully saturated rings. The lowest BCUT2D eigenvalue weighted by Crippen LogP contribution is -2.25. The van der Waals surface area contributed by atoms with Gasteiger partial charge < -0.3 is 9.84 Å². The van der Waals surface area contributed by atoms with Crippen molar-refractivity contribution >= 4 is 11.6 Å². The van der Waals surface area contributed by atoms with Crippen molar-refractivity contribution in [2.24, 2.45) is 0 Å². The van der Waals surface area contributed by atoms with Crippen LogP contribution in [0.25, 0.3) is 11.4 Å². The molecule has 1 aromatic heterocycles. The van der Waals surface area contributed by atoms with E-state index >= 15 is 0 Å². The second-order valence-corrected chi connectivity index (χ2v) is 5.04. The van der Waals surface area contributed by atoms with E-state index in [1.807, 2.05) is 0 Å². The smallest absolute Gasteiger partial charge is 0.227 e. The Balaban J connectivity index is 2.05. The number of benzene rings is 1. The Morgan fingerprint density at radius 2 is 2.25 bits per heavy atom. The van der Waals surface area contributed by atoms with Crippen LogP contribution in [0.2, 0.25) is 5.02 Å². The Hall–Kier alpha value is -1.46. The van der Waals surface area contributed by atoms with Crippen LogP contribution in [0.15, 0.2) is 22.7 Å². The molecule has 2 aromatic rings. The van der Waals surface area contributed by atoms with Crippen molar-refractivity contribution in [1.82, 2.24) is 15.5 Å². The predicted molar refractivity (Wildman–Crippen MR) is 76.2 cm³/mol. The van der Waals surface area contributed by atoms with Crippen molar-refractivity contribution in [2.45, 2.75) is 32.7 Å². The molecule has 1 aromatic carbocycles. The largest absolute Gasteiger partial charge is 0.339 e. The van der Waals surface area contributed by atoms with Crippen molar-refractivity contribution in [2.75, 3.05) is 6.54 Å². The van der Waals surface area contributed by atoms with Crippen LogP contribution in [0.4, 0.5) is 4.39 Å². The molecule has 108 valence electrons. The van der Waals surface area contributed by atoms with Crippen molar-refractivity contribution in [3.63, 3.8) is 0 Å². The average Bonchev–Trinajstić information content (AvgIpc) is 2.85. The van der Waals surface area contributed by atoms with E-state index in [1.165, 1.54) is 12.1 Å². The Labute approximate surface area is 122 Å². The van der Waals surface area contributed by atoms with E-state index in [0.717, 1.165) is 13.0 Å². The van der Waals surface area contributed by atoms with Gasteiger partial charge in [-0.2, -0.15) is 4.98 Å². The fraction of sp³-hybridized carbons (Fsp3) is 0.429. The van der Waals surface area contributed by atoms with Gasteiger partial charge in [-0.1, -0.05) is 23.7 Å². The lowest BCUT2D eigenvalue weighted by Gasteiger charge is -2.09. The SMILES string of the molecule is CCNC(C)CCc1nc(-c2ccc(F)cc2Cl)no1. The number of hydrogen-bond donors (Lipinski definition) is 1. The number of aryl methyl sites for hydroxylation is 1. The topological polar surface area (TPSA) is 51.0 Å². The maximum Gasteiger partial charge on any atom is 0.227 e. The first kappa shape index (κ1) is 14.9. The zero-order chi connectivity index (χ0) is 14.5. The van der Waals surface area contributed by atoms with Gasteiger partial charge in [0.1, 0.15) is 5.82 Å². The number of halogens is 2. The highest BCUT2D eigenvalue weighted by Crippen LogP contribution is 2.26. The first-order chi connectivity index (χ1) is 9.60. The summed E-state index contributed by atoms with van der Waals surface area (Å²) in [5.41, 5.74) is 0.572.